The predicted octanol–water partition coefficient (Wildman–Crippen LogP) is 1.50. The van der Waals surface area contributed by atoms with Crippen molar-refractivity contribution in [2.45, 2.75) is 26.2 Å². The predicted molar refractivity (Wildman–Crippen MR) is 70.5 cm³/mol. The summed E-state index contributed by atoms with van der Waals surface area (Å²) >= 11 is 0. The average molecular weight is 245 g/mol. The first kappa shape index (κ1) is 11.5. The number of hydrogen-bond acceptors (Lipinski definition) is 3. The molecule has 4 heteroatoms. The van der Waals surface area contributed by atoms with Crippen molar-refractivity contribution in [1.29, 1.82) is 0 Å². The standard InChI is InChI=1S/C14H19N3O/c1-11-3-4-12(9-16-11)17-8-2-5-14(10-17)6-7-15-13(14)18/h3-4,9H,2,5-8,10H2,1H3,(H,15,18)/t14-/m0/s1. The number of nitrogens with one attached hydrogen (secondary N) is 1. The molecule has 1 aromatic heterocycles. The van der Waals surface area contributed by atoms with Gasteiger partial charge in [0.05, 0.1) is 17.3 Å². The molecule has 2 aliphatic heterocycles. The number of pyridine rings is 1. The van der Waals surface area contributed by atoms with E-state index in [4.69, 9.17) is 0 Å². The van der Waals surface area contributed by atoms with E-state index in [2.05, 4.69) is 21.3 Å². The van der Waals surface area contributed by atoms with Gasteiger partial charge < -0.3 is 10.2 Å². The highest BCUT2D eigenvalue weighted by Crippen LogP contribution is 2.37. The van der Waals surface area contributed by atoms with Crippen LogP contribution in [0, 0.1) is 12.3 Å². The first-order valence-corrected chi connectivity index (χ1v) is 6.66. The highest BCUT2D eigenvalue weighted by atomic mass is 16.2. The maximum atomic E-state index is 12.0. The Hall–Kier alpha value is -1.58. The van der Waals surface area contributed by atoms with Gasteiger partial charge in [0.15, 0.2) is 0 Å². The minimum Gasteiger partial charge on any atom is -0.369 e. The van der Waals surface area contributed by atoms with Gasteiger partial charge in [-0.15, -0.1) is 0 Å². The molecule has 1 aromatic rings. The molecular weight excluding hydrogens is 226 g/mol. The van der Waals surface area contributed by atoms with Crippen LogP contribution < -0.4 is 10.2 Å². The van der Waals surface area contributed by atoms with Crippen LogP contribution in [0.4, 0.5) is 5.69 Å². The fourth-order valence-electron chi connectivity index (χ4n) is 3.10. The van der Waals surface area contributed by atoms with Crippen LogP contribution in [-0.4, -0.2) is 30.5 Å². The zero-order valence-electron chi connectivity index (χ0n) is 10.8. The minimum atomic E-state index is -0.150. The third-order valence-corrected chi connectivity index (χ3v) is 4.21. The molecule has 1 N–H and O–H groups in total. The number of carbonyl (C=O) groups is 1. The Morgan fingerprint density at radius 1 is 1.39 bits per heavy atom. The van der Waals surface area contributed by atoms with Gasteiger partial charge in [0.1, 0.15) is 0 Å². The number of aryl methyl sites for hydroxylation is 1. The maximum absolute atomic E-state index is 12.0. The van der Waals surface area contributed by atoms with Gasteiger partial charge in [0, 0.05) is 25.3 Å². The van der Waals surface area contributed by atoms with Crippen molar-refractivity contribution in [3.63, 3.8) is 0 Å². The van der Waals surface area contributed by atoms with Crippen molar-refractivity contribution >= 4 is 11.6 Å². The van der Waals surface area contributed by atoms with Crippen LogP contribution in [0.25, 0.3) is 0 Å². The van der Waals surface area contributed by atoms with Gasteiger partial charge in [-0.3, -0.25) is 9.78 Å². The lowest BCUT2D eigenvalue weighted by Gasteiger charge is -2.39. The molecule has 0 aromatic carbocycles. The Balaban J connectivity index is 1.82. The second-order valence-corrected chi connectivity index (χ2v) is 5.47. The molecule has 0 radical (unpaired) electrons. The lowest BCUT2D eigenvalue weighted by Crippen LogP contribution is -2.47. The summed E-state index contributed by atoms with van der Waals surface area (Å²) < 4.78 is 0. The molecule has 4 nitrogen and oxygen atoms in total. The van der Waals surface area contributed by atoms with Crippen molar-refractivity contribution in [2.24, 2.45) is 5.41 Å². The maximum Gasteiger partial charge on any atom is 0.228 e. The fourth-order valence-corrected chi connectivity index (χ4v) is 3.10. The van der Waals surface area contributed by atoms with E-state index in [9.17, 15) is 4.79 Å². The monoisotopic (exact) mass is 245 g/mol. The quantitative estimate of drug-likeness (QED) is 0.815. The smallest absolute Gasteiger partial charge is 0.228 e. The first-order chi connectivity index (χ1) is 8.70. The largest absolute Gasteiger partial charge is 0.369 e. The van der Waals surface area contributed by atoms with E-state index in [1.165, 1.54) is 0 Å². The Labute approximate surface area is 107 Å². The van der Waals surface area contributed by atoms with Gasteiger partial charge in [-0.25, -0.2) is 0 Å². The molecule has 96 valence electrons. The van der Waals surface area contributed by atoms with Crippen LogP contribution in [0.5, 0.6) is 0 Å². The number of rotatable bonds is 1. The summed E-state index contributed by atoms with van der Waals surface area (Å²) in [5.74, 6) is 0.243. The van der Waals surface area contributed by atoms with Crippen molar-refractivity contribution < 1.29 is 4.79 Å². The summed E-state index contributed by atoms with van der Waals surface area (Å²) in [7, 11) is 0. The van der Waals surface area contributed by atoms with Gasteiger partial charge in [0.2, 0.25) is 5.91 Å². The fraction of sp³-hybridized carbons (Fsp3) is 0.571. The van der Waals surface area contributed by atoms with Crippen LogP contribution in [0.15, 0.2) is 18.3 Å². The van der Waals surface area contributed by atoms with Gasteiger partial charge >= 0.3 is 0 Å². The van der Waals surface area contributed by atoms with Crippen molar-refractivity contribution in [1.82, 2.24) is 10.3 Å². The van der Waals surface area contributed by atoms with Gasteiger partial charge in [-0.2, -0.15) is 0 Å². The Morgan fingerprint density at radius 2 is 2.28 bits per heavy atom. The molecule has 3 rings (SSSR count). The zero-order valence-corrected chi connectivity index (χ0v) is 10.8. The molecule has 2 fully saturated rings. The van der Waals surface area contributed by atoms with E-state index in [0.717, 1.165) is 50.3 Å². The van der Waals surface area contributed by atoms with Crippen LogP contribution in [-0.2, 0) is 4.79 Å². The number of hydrogen-bond donors (Lipinski definition) is 1. The molecule has 3 heterocycles. The van der Waals surface area contributed by atoms with Crippen molar-refractivity contribution in [3.8, 4) is 0 Å². The summed E-state index contributed by atoms with van der Waals surface area (Å²) in [5, 5.41) is 2.98. The summed E-state index contributed by atoms with van der Waals surface area (Å²) in [6.07, 6.45) is 5.00. The molecular formula is C14H19N3O. The van der Waals surface area contributed by atoms with Crippen molar-refractivity contribution in [2.75, 3.05) is 24.5 Å². The lowest BCUT2D eigenvalue weighted by molar-refractivity contribution is -0.128. The highest BCUT2D eigenvalue weighted by molar-refractivity contribution is 5.85. The number of aromatic nitrogens is 1. The zero-order chi connectivity index (χ0) is 12.6. The van der Waals surface area contributed by atoms with Gasteiger partial charge in [-0.1, -0.05) is 0 Å². The lowest BCUT2D eigenvalue weighted by atomic mass is 9.78. The van der Waals surface area contributed by atoms with E-state index >= 15 is 0 Å². The van der Waals surface area contributed by atoms with E-state index in [0.29, 0.717) is 0 Å². The number of anilines is 1. The molecule has 1 spiro atoms. The number of nitrogens with zero attached hydrogens (tertiary/aromatic N) is 2. The summed E-state index contributed by atoms with van der Waals surface area (Å²) in [6.45, 7) is 4.69. The third kappa shape index (κ3) is 1.85. The second kappa shape index (κ2) is 4.26. The summed E-state index contributed by atoms with van der Waals surface area (Å²) in [5.41, 5.74) is 2.02. The second-order valence-electron chi connectivity index (χ2n) is 5.47. The normalized spacial score (nSPS) is 27.6. The van der Waals surface area contributed by atoms with Gasteiger partial charge in [-0.05, 0) is 38.3 Å². The molecule has 0 saturated carbocycles. The minimum absolute atomic E-state index is 0.150. The topological polar surface area (TPSA) is 45.2 Å². The van der Waals surface area contributed by atoms with Crippen LogP contribution in [0.3, 0.4) is 0 Å². The average Bonchev–Trinajstić information content (AvgIpc) is 2.72. The molecule has 0 unspecified atom stereocenters. The highest BCUT2D eigenvalue weighted by Gasteiger charge is 2.45. The number of carbonyl (C=O) groups excluding carboxylic acids is 1. The van der Waals surface area contributed by atoms with E-state index < -0.39 is 0 Å². The molecule has 2 saturated heterocycles. The summed E-state index contributed by atoms with van der Waals surface area (Å²) in [6, 6.07) is 4.14. The van der Waals surface area contributed by atoms with Crippen LogP contribution in [0.2, 0.25) is 0 Å². The molecule has 1 atom stereocenters. The number of piperidine rings is 1. The molecule has 18 heavy (non-hydrogen) atoms. The molecule has 0 bridgehead atoms. The summed E-state index contributed by atoms with van der Waals surface area (Å²) in [4.78, 5) is 18.7. The van der Waals surface area contributed by atoms with Gasteiger partial charge in [0.25, 0.3) is 0 Å². The Bertz CT molecular complexity index is 457. The Kier molecular flexibility index (Phi) is 2.73. The molecule has 0 aliphatic carbocycles. The van der Waals surface area contributed by atoms with E-state index in [1.54, 1.807) is 0 Å². The van der Waals surface area contributed by atoms with E-state index in [-0.39, 0.29) is 11.3 Å². The Morgan fingerprint density at radius 3 is 2.94 bits per heavy atom. The van der Waals surface area contributed by atoms with Crippen molar-refractivity contribution in [3.05, 3.63) is 24.0 Å². The molecule has 1 amide bonds. The SMILES string of the molecule is Cc1ccc(N2CCC[C@]3(CCNC3=O)C2)cn1. The first-order valence-electron chi connectivity index (χ1n) is 6.66. The van der Waals surface area contributed by atoms with Crippen LogP contribution in [0.1, 0.15) is 25.0 Å². The van der Waals surface area contributed by atoms with E-state index in [1.807, 2.05) is 19.2 Å². The van der Waals surface area contributed by atoms with Crippen LogP contribution >= 0.6 is 0 Å². The molecule has 2 aliphatic rings. The number of amides is 1. The third-order valence-electron chi connectivity index (χ3n) is 4.21.